The lowest BCUT2D eigenvalue weighted by molar-refractivity contribution is -0.125. The molecule has 1 saturated carbocycles. The van der Waals surface area contributed by atoms with Crippen molar-refractivity contribution in [3.8, 4) is 11.8 Å². The van der Waals surface area contributed by atoms with Gasteiger partial charge in [0.05, 0.1) is 18.0 Å². The van der Waals surface area contributed by atoms with E-state index in [9.17, 15) is 4.79 Å². The van der Waals surface area contributed by atoms with Crippen molar-refractivity contribution in [2.24, 2.45) is 5.73 Å². The van der Waals surface area contributed by atoms with Crippen LogP contribution in [-0.4, -0.2) is 24.6 Å². The number of nitrogens with zero attached hydrogens (tertiary/aromatic N) is 1. The van der Waals surface area contributed by atoms with Crippen LogP contribution < -0.4 is 15.8 Å². The van der Waals surface area contributed by atoms with Crippen LogP contribution in [0.1, 0.15) is 37.7 Å². The molecule has 0 saturated heterocycles. The zero-order valence-corrected chi connectivity index (χ0v) is 12.8. The Balaban J connectivity index is 1.78. The zero-order valence-electron chi connectivity index (χ0n) is 12.8. The van der Waals surface area contributed by atoms with E-state index in [1.807, 2.05) is 24.3 Å². The molecule has 118 valence electrons. The number of hydrogen-bond donors (Lipinski definition) is 2. The summed E-state index contributed by atoms with van der Waals surface area (Å²) in [5.74, 6) is 0.508. The van der Waals surface area contributed by atoms with Crippen LogP contribution in [-0.2, 0) is 11.2 Å². The van der Waals surface area contributed by atoms with Gasteiger partial charge in [-0.1, -0.05) is 31.4 Å². The molecule has 0 bridgehead atoms. The minimum absolute atomic E-state index is 0.256. The maximum Gasteiger partial charge on any atom is 0.237 e. The first-order valence-corrected chi connectivity index (χ1v) is 7.80. The molecule has 0 aliphatic heterocycles. The lowest BCUT2D eigenvalue weighted by Gasteiger charge is -2.35. The molecule has 5 heteroatoms. The average molecular weight is 301 g/mol. The van der Waals surface area contributed by atoms with E-state index >= 15 is 0 Å². The van der Waals surface area contributed by atoms with Gasteiger partial charge in [-0.05, 0) is 30.5 Å². The van der Waals surface area contributed by atoms with Crippen molar-refractivity contribution in [3.05, 3.63) is 29.8 Å². The minimum Gasteiger partial charge on any atom is -0.492 e. The summed E-state index contributed by atoms with van der Waals surface area (Å²) in [5, 5.41) is 11.9. The standard InChI is InChI=1S/C17H23N3O2/c18-11-8-14-4-6-15(7-5-14)22-13-12-20-17(16(19)21)9-2-1-3-10-17/h4-7,20H,1-3,8-10,12-13H2,(H2,19,21). The Hall–Kier alpha value is -2.06. The first-order valence-electron chi connectivity index (χ1n) is 7.80. The van der Waals surface area contributed by atoms with Gasteiger partial charge < -0.3 is 10.5 Å². The predicted molar refractivity (Wildman–Crippen MR) is 84.3 cm³/mol. The summed E-state index contributed by atoms with van der Waals surface area (Å²) < 4.78 is 5.66. The molecule has 0 heterocycles. The third kappa shape index (κ3) is 4.22. The summed E-state index contributed by atoms with van der Waals surface area (Å²) >= 11 is 0. The molecule has 0 atom stereocenters. The number of ether oxygens (including phenoxy) is 1. The smallest absolute Gasteiger partial charge is 0.237 e. The lowest BCUT2D eigenvalue weighted by Crippen LogP contribution is -2.57. The number of amides is 1. The van der Waals surface area contributed by atoms with Crippen molar-refractivity contribution in [2.75, 3.05) is 13.2 Å². The Morgan fingerprint density at radius 3 is 2.55 bits per heavy atom. The number of benzene rings is 1. The molecule has 0 radical (unpaired) electrons. The summed E-state index contributed by atoms with van der Waals surface area (Å²) in [6.07, 6.45) is 5.27. The van der Waals surface area contributed by atoms with Gasteiger partial charge in [-0.2, -0.15) is 5.26 Å². The number of carbonyl (C=O) groups is 1. The van der Waals surface area contributed by atoms with Gasteiger partial charge in [0.15, 0.2) is 0 Å². The summed E-state index contributed by atoms with van der Waals surface area (Å²) in [5.41, 5.74) is 5.99. The predicted octanol–water partition coefficient (Wildman–Crippen LogP) is 1.91. The van der Waals surface area contributed by atoms with E-state index in [4.69, 9.17) is 15.7 Å². The van der Waals surface area contributed by atoms with Crippen LogP contribution in [0.2, 0.25) is 0 Å². The number of carbonyl (C=O) groups excluding carboxylic acids is 1. The van der Waals surface area contributed by atoms with Gasteiger partial charge in [-0.3, -0.25) is 10.1 Å². The van der Waals surface area contributed by atoms with Crippen LogP contribution in [0, 0.1) is 11.3 Å². The highest BCUT2D eigenvalue weighted by molar-refractivity contribution is 5.84. The molecule has 1 amide bonds. The van der Waals surface area contributed by atoms with E-state index in [0.717, 1.165) is 37.0 Å². The molecule has 0 aromatic heterocycles. The largest absolute Gasteiger partial charge is 0.492 e. The number of nitriles is 1. The van der Waals surface area contributed by atoms with Gasteiger partial charge in [0, 0.05) is 6.54 Å². The second kappa shape index (κ2) is 7.81. The number of hydrogen-bond acceptors (Lipinski definition) is 4. The van der Waals surface area contributed by atoms with Gasteiger partial charge in [0.1, 0.15) is 12.4 Å². The van der Waals surface area contributed by atoms with E-state index in [2.05, 4.69) is 11.4 Å². The second-order valence-corrected chi connectivity index (χ2v) is 5.76. The first-order chi connectivity index (χ1) is 10.7. The Labute approximate surface area is 131 Å². The monoisotopic (exact) mass is 301 g/mol. The third-order valence-corrected chi connectivity index (χ3v) is 4.22. The highest BCUT2D eigenvalue weighted by Gasteiger charge is 2.36. The number of rotatable bonds is 7. The summed E-state index contributed by atoms with van der Waals surface area (Å²) in [6, 6.07) is 9.60. The zero-order chi connectivity index (χ0) is 15.8. The van der Waals surface area contributed by atoms with Crippen LogP contribution in [0.5, 0.6) is 5.75 Å². The topological polar surface area (TPSA) is 88.1 Å². The van der Waals surface area contributed by atoms with Crippen molar-refractivity contribution >= 4 is 5.91 Å². The highest BCUT2D eigenvalue weighted by atomic mass is 16.5. The fourth-order valence-electron chi connectivity index (χ4n) is 2.92. The molecule has 22 heavy (non-hydrogen) atoms. The van der Waals surface area contributed by atoms with Gasteiger partial charge >= 0.3 is 0 Å². The molecule has 0 spiro atoms. The Morgan fingerprint density at radius 1 is 1.27 bits per heavy atom. The molecule has 2 rings (SSSR count). The summed E-state index contributed by atoms with van der Waals surface area (Å²) in [7, 11) is 0. The fourth-order valence-corrected chi connectivity index (χ4v) is 2.92. The Bertz CT molecular complexity index is 528. The Kier molecular flexibility index (Phi) is 5.79. The van der Waals surface area contributed by atoms with Crippen molar-refractivity contribution in [1.82, 2.24) is 5.32 Å². The normalized spacial score (nSPS) is 16.7. The minimum atomic E-state index is -0.557. The van der Waals surface area contributed by atoms with E-state index in [0.29, 0.717) is 19.6 Å². The van der Waals surface area contributed by atoms with Crippen molar-refractivity contribution in [3.63, 3.8) is 0 Å². The molecule has 0 unspecified atom stereocenters. The van der Waals surface area contributed by atoms with Gasteiger partial charge in [0.25, 0.3) is 0 Å². The van der Waals surface area contributed by atoms with Crippen molar-refractivity contribution < 1.29 is 9.53 Å². The van der Waals surface area contributed by atoms with Gasteiger partial charge in [0.2, 0.25) is 5.91 Å². The number of nitrogens with two attached hydrogens (primary N) is 1. The van der Waals surface area contributed by atoms with Gasteiger partial charge in [-0.15, -0.1) is 0 Å². The van der Waals surface area contributed by atoms with E-state index in [1.165, 1.54) is 6.42 Å². The quantitative estimate of drug-likeness (QED) is 0.753. The second-order valence-electron chi connectivity index (χ2n) is 5.76. The number of nitrogens with one attached hydrogen (secondary N) is 1. The van der Waals surface area contributed by atoms with Crippen molar-refractivity contribution in [2.45, 2.75) is 44.1 Å². The molecule has 1 aromatic rings. The van der Waals surface area contributed by atoms with Crippen LogP contribution >= 0.6 is 0 Å². The summed E-state index contributed by atoms with van der Waals surface area (Å²) in [4.78, 5) is 11.7. The van der Waals surface area contributed by atoms with E-state index in [1.54, 1.807) is 0 Å². The van der Waals surface area contributed by atoms with Crippen LogP contribution in [0.15, 0.2) is 24.3 Å². The lowest BCUT2D eigenvalue weighted by atomic mass is 9.81. The van der Waals surface area contributed by atoms with Gasteiger partial charge in [-0.25, -0.2) is 0 Å². The van der Waals surface area contributed by atoms with E-state index in [-0.39, 0.29) is 5.91 Å². The van der Waals surface area contributed by atoms with Crippen LogP contribution in [0.3, 0.4) is 0 Å². The first kappa shape index (κ1) is 16.3. The molecule has 1 aliphatic carbocycles. The maximum absolute atomic E-state index is 11.7. The molecular weight excluding hydrogens is 278 g/mol. The SMILES string of the molecule is N#CCc1ccc(OCCNC2(C(N)=O)CCCCC2)cc1. The molecule has 1 aromatic carbocycles. The fraction of sp³-hybridized carbons (Fsp3) is 0.529. The third-order valence-electron chi connectivity index (χ3n) is 4.22. The molecule has 1 aliphatic rings. The highest BCUT2D eigenvalue weighted by Crippen LogP contribution is 2.27. The maximum atomic E-state index is 11.7. The molecule has 3 N–H and O–H groups in total. The summed E-state index contributed by atoms with van der Waals surface area (Å²) in [6.45, 7) is 1.06. The average Bonchev–Trinajstić information content (AvgIpc) is 2.54. The molecular formula is C17H23N3O2. The number of primary amides is 1. The van der Waals surface area contributed by atoms with Crippen LogP contribution in [0.4, 0.5) is 0 Å². The Morgan fingerprint density at radius 2 is 1.95 bits per heavy atom. The molecule has 5 nitrogen and oxygen atoms in total. The van der Waals surface area contributed by atoms with Crippen LogP contribution in [0.25, 0.3) is 0 Å². The van der Waals surface area contributed by atoms with Crippen molar-refractivity contribution in [1.29, 1.82) is 5.26 Å². The molecule has 1 fully saturated rings. The van der Waals surface area contributed by atoms with E-state index < -0.39 is 5.54 Å².